The summed E-state index contributed by atoms with van der Waals surface area (Å²) in [6.45, 7) is 4.03. The van der Waals surface area contributed by atoms with E-state index < -0.39 is 0 Å². The molecule has 1 saturated heterocycles. The Hall–Kier alpha value is -0.700. The highest BCUT2D eigenvalue weighted by Gasteiger charge is 2.26. The molecule has 0 aromatic rings. The van der Waals surface area contributed by atoms with Crippen molar-refractivity contribution in [2.75, 3.05) is 20.3 Å². The minimum absolute atomic E-state index is 0.602. The van der Waals surface area contributed by atoms with Gasteiger partial charge in [0.05, 0.1) is 0 Å². The summed E-state index contributed by atoms with van der Waals surface area (Å²) in [5, 5.41) is 0.618. The third-order valence-corrected chi connectivity index (χ3v) is 3.03. The summed E-state index contributed by atoms with van der Waals surface area (Å²) < 4.78 is 0. The second kappa shape index (κ2) is 3.22. The third-order valence-electron chi connectivity index (χ3n) is 2.80. The van der Waals surface area contributed by atoms with Crippen molar-refractivity contribution in [3.05, 3.63) is 11.9 Å². The number of rotatable bonds is 0. The van der Waals surface area contributed by atoms with Gasteiger partial charge in [0.25, 0.3) is 0 Å². The first-order valence-electron chi connectivity index (χ1n) is 4.58. The largest absolute Gasteiger partial charge is 0.358 e. The van der Waals surface area contributed by atoms with Crippen LogP contribution in [0, 0.1) is 0 Å². The molecule has 4 heteroatoms. The van der Waals surface area contributed by atoms with Crippen molar-refractivity contribution in [2.24, 2.45) is 4.99 Å². The summed E-state index contributed by atoms with van der Waals surface area (Å²) in [6.07, 6.45) is 3.14. The molecule has 3 nitrogen and oxygen atoms in total. The van der Waals surface area contributed by atoms with Crippen LogP contribution in [0.1, 0.15) is 13.3 Å². The Balaban J connectivity index is 2.25. The Labute approximate surface area is 83.7 Å². The van der Waals surface area contributed by atoms with E-state index >= 15 is 0 Å². The molecule has 72 valence electrons. The molecule has 0 aromatic carbocycles. The number of fused-ring (bicyclic) bond motifs is 1. The molecule has 2 heterocycles. The Morgan fingerprint density at radius 1 is 1.62 bits per heavy atom. The second-order valence-electron chi connectivity index (χ2n) is 3.64. The van der Waals surface area contributed by atoms with Crippen LogP contribution < -0.4 is 0 Å². The first kappa shape index (κ1) is 8.88. The van der Waals surface area contributed by atoms with Gasteiger partial charge in [0.15, 0.2) is 0 Å². The van der Waals surface area contributed by atoms with Crippen LogP contribution in [0.2, 0.25) is 0 Å². The van der Waals surface area contributed by atoms with E-state index in [0.717, 1.165) is 6.54 Å². The number of aliphatic imine (C=N–C) groups is 1. The van der Waals surface area contributed by atoms with Gasteiger partial charge in [0, 0.05) is 25.7 Å². The zero-order chi connectivity index (χ0) is 9.42. The summed E-state index contributed by atoms with van der Waals surface area (Å²) in [7, 11) is 2.11. The molecular formula is C9H14ClN3. The molecule has 0 unspecified atom stereocenters. The lowest BCUT2D eigenvalue weighted by Crippen LogP contribution is -2.46. The summed E-state index contributed by atoms with van der Waals surface area (Å²) >= 11 is 5.87. The maximum atomic E-state index is 5.87. The van der Waals surface area contributed by atoms with Gasteiger partial charge in [-0.15, -0.1) is 0 Å². The molecule has 0 spiro atoms. The summed E-state index contributed by atoms with van der Waals surface area (Å²) in [4.78, 5) is 8.70. The van der Waals surface area contributed by atoms with Crippen molar-refractivity contribution in [3.8, 4) is 0 Å². The van der Waals surface area contributed by atoms with Crippen molar-refractivity contribution < 1.29 is 0 Å². The fourth-order valence-corrected chi connectivity index (χ4v) is 1.89. The summed E-state index contributed by atoms with van der Waals surface area (Å²) in [5.41, 5.74) is 0. The molecule has 0 radical (unpaired) electrons. The Bertz CT molecular complexity index is 272. The number of hydrogen-bond donors (Lipinski definition) is 0. The molecule has 0 N–H and O–H groups in total. The highest BCUT2D eigenvalue weighted by molar-refractivity contribution is 6.68. The average molecular weight is 200 g/mol. The van der Waals surface area contributed by atoms with Gasteiger partial charge < -0.3 is 9.80 Å². The van der Waals surface area contributed by atoms with Crippen LogP contribution in [-0.4, -0.2) is 41.3 Å². The highest BCUT2D eigenvalue weighted by Crippen LogP contribution is 2.23. The van der Waals surface area contributed by atoms with E-state index in [2.05, 4.69) is 28.8 Å². The first-order valence-corrected chi connectivity index (χ1v) is 4.95. The molecule has 0 saturated carbocycles. The topological polar surface area (TPSA) is 18.8 Å². The van der Waals surface area contributed by atoms with Gasteiger partial charge in [-0.3, -0.25) is 4.99 Å². The molecular weight excluding hydrogens is 186 g/mol. The molecule has 2 aliphatic heterocycles. The number of halogens is 1. The van der Waals surface area contributed by atoms with E-state index in [4.69, 9.17) is 11.6 Å². The van der Waals surface area contributed by atoms with Gasteiger partial charge in [-0.1, -0.05) is 11.6 Å². The van der Waals surface area contributed by atoms with Crippen molar-refractivity contribution in [3.63, 3.8) is 0 Å². The fourth-order valence-electron chi connectivity index (χ4n) is 1.74. The van der Waals surface area contributed by atoms with E-state index in [1.54, 1.807) is 0 Å². The van der Waals surface area contributed by atoms with E-state index in [9.17, 15) is 0 Å². The minimum atomic E-state index is 0.602. The summed E-state index contributed by atoms with van der Waals surface area (Å²) in [5.74, 6) is 1.21. The molecule has 0 aliphatic carbocycles. The molecule has 2 aliphatic rings. The van der Waals surface area contributed by atoms with E-state index in [0.29, 0.717) is 17.9 Å². The van der Waals surface area contributed by atoms with Crippen LogP contribution >= 0.6 is 11.6 Å². The SMILES string of the molecule is C[C@@H]1CCN2CN=C(Cl)C=C2N1C. The number of allylic oxidation sites excluding steroid dienone is 1. The van der Waals surface area contributed by atoms with Gasteiger partial charge in [-0.2, -0.15) is 0 Å². The molecule has 2 rings (SSSR count). The van der Waals surface area contributed by atoms with Crippen LogP contribution in [0.4, 0.5) is 0 Å². The summed E-state index contributed by atoms with van der Waals surface area (Å²) in [6, 6.07) is 0.602. The predicted molar refractivity (Wildman–Crippen MR) is 54.8 cm³/mol. The quantitative estimate of drug-likeness (QED) is 0.589. The van der Waals surface area contributed by atoms with Crippen LogP contribution in [0.15, 0.2) is 16.9 Å². The molecule has 0 bridgehead atoms. The Morgan fingerprint density at radius 2 is 2.38 bits per heavy atom. The predicted octanol–water partition coefficient (Wildman–Crippen LogP) is 1.46. The van der Waals surface area contributed by atoms with Gasteiger partial charge in [0.1, 0.15) is 17.7 Å². The lowest BCUT2D eigenvalue weighted by atomic mass is 10.1. The fraction of sp³-hybridized carbons (Fsp3) is 0.667. The van der Waals surface area contributed by atoms with E-state index in [1.807, 2.05) is 6.08 Å². The average Bonchev–Trinajstić information content (AvgIpc) is 2.12. The normalized spacial score (nSPS) is 28.1. The van der Waals surface area contributed by atoms with Gasteiger partial charge >= 0.3 is 0 Å². The third kappa shape index (κ3) is 1.53. The maximum Gasteiger partial charge on any atom is 0.129 e. The number of nitrogens with zero attached hydrogens (tertiary/aromatic N) is 3. The van der Waals surface area contributed by atoms with Crippen molar-refractivity contribution in [1.82, 2.24) is 9.80 Å². The molecule has 0 aromatic heterocycles. The van der Waals surface area contributed by atoms with Gasteiger partial charge in [-0.25, -0.2) is 0 Å². The zero-order valence-electron chi connectivity index (χ0n) is 8.00. The van der Waals surface area contributed by atoms with Crippen molar-refractivity contribution in [1.29, 1.82) is 0 Å². The lowest BCUT2D eigenvalue weighted by molar-refractivity contribution is 0.137. The smallest absolute Gasteiger partial charge is 0.129 e. The number of hydrogen-bond acceptors (Lipinski definition) is 3. The molecule has 1 atom stereocenters. The first-order chi connectivity index (χ1) is 6.18. The van der Waals surface area contributed by atoms with Gasteiger partial charge in [-0.05, 0) is 13.3 Å². The van der Waals surface area contributed by atoms with Crippen LogP contribution in [0.5, 0.6) is 0 Å². The van der Waals surface area contributed by atoms with Crippen LogP contribution in [0.25, 0.3) is 0 Å². The molecule has 0 amide bonds. The van der Waals surface area contributed by atoms with E-state index in [1.165, 1.54) is 12.2 Å². The Morgan fingerprint density at radius 3 is 3.15 bits per heavy atom. The Kier molecular flexibility index (Phi) is 2.20. The van der Waals surface area contributed by atoms with Crippen molar-refractivity contribution in [2.45, 2.75) is 19.4 Å². The molecule has 1 fully saturated rings. The zero-order valence-corrected chi connectivity index (χ0v) is 8.75. The second-order valence-corrected chi connectivity index (χ2v) is 4.02. The maximum absolute atomic E-state index is 5.87. The van der Waals surface area contributed by atoms with Crippen LogP contribution in [0.3, 0.4) is 0 Å². The van der Waals surface area contributed by atoms with E-state index in [-0.39, 0.29) is 0 Å². The lowest BCUT2D eigenvalue weighted by Gasteiger charge is -2.43. The van der Waals surface area contributed by atoms with Crippen LogP contribution in [-0.2, 0) is 0 Å². The highest BCUT2D eigenvalue weighted by atomic mass is 35.5. The monoisotopic (exact) mass is 199 g/mol. The van der Waals surface area contributed by atoms with Gasteiger partial charge in [0.2, 0.25) is 0 Å². The standard InChI is InChI=1S/C9H14ClN3/c1-7-3-4-13-6-11-8(10)5-9(13)12(7)2/h5,7H,3-4,6H2,1-2H3/t7-/m1/s1. The molecule has 13 heavy (non-hydrogen) atoms. The van der Waals surface area contributed by atoms with Crippen molar-refractivity contribution >= 4 is 16.8 Å². The minimum Gasteiger partial charge on any atom is -0.358 e.